The molecule has 0 amide bonds. The first kappa shape index (κ1) is 16.4. The van der Waals surface area contributed by atoms with Crippen molar-refractivity contribution in [3.05, 3.63) is 33.9 Å². The van der Waals surface area contributed by atoms with Crippen LogP contribution in [0.15, 0.2) is 22.7 Å². The summed E-state index contributed by atoms with van der Waals surface area (Å²) in [6, 6.07) is 6.17. The molecule has 0 atom stereocenters. The molecule has 1 heterocycles. The largest absolute Gasteiger partial charge is 0.496 e. The Bertz CT molecular complexity index is 664. The Morgan fingerprint density at radius 3 is 2.77 bits per heavy atom. The van der Waals surface area contributed by atoms with Gasteiger partial charge in [-0.2, -0.15) is 9.97 Å². The van der Waals surface area contributed by atoms with Crippen LogP contribution in [0.3, 0.4) is 0 Å². The summed E-state index contributed by atoms with van der Waals surface area (Å²) >= 11 is 3.42. The molecule has 0 spiro atoms. The molecule has 22 heavy (non-hydrogen) atoms. The number of aryl methyl sites for hydroxylation is 1. The standard InChI is InChI=1S/C15H19BrN4O2/c1-4-22-15-19-9(2)13(17)14(20-15)18-8-10-5-6-11(16)7-12(10)21-3/h5-7H,4,8,17H2,1-3H3,(H,18,19,20). The van der Waals surface area contributed by atoms with Crippen molar-refractivity contribution in [3.8, 4) is 11.8 Å². The topological polar surface area (TPSA) is 82.3 Å². The van der Waals surface area contributed by atoms with E-state index < -0.39 is 0 Å². The highest BCUT2D eigenvalue weighted by Gasteiger charge is 2.11. The van der Waals surface area contributed by atoms with Crippen molar-refractivity contribution >= 4 is 27.4 Å². The first-order chi connectivity index (χ1) is 10.5. The predicted molar refractivity (Wildman–Crippen MR) is 90.4 cm³/mol. The molecule has 2 rings (SSSR count). The fourth-order valence-corrected chi connectivity index (χ4v) is 2.27. The molecule has 7 heteroatoms. The third-order valence-electron chi connectivity index (χ3n) is 3.08. The number of anilines is 2. The van der Waals surface area contributed by atoms with Crippen LogP contribution < -0.4 is 20.5 Å². The van der Waals surface area contributed by atoms with Gasteiger partial charge in [-0.15, -0.1) is 0 Å². The number of nitrogens with two attached hydrogens (primary N) is 1. The van der Waals surface area contributed by atoms with E-state index in [2.05, 4.69) is 31.2 Å². The molecule has 1 aromatic heterocycles. The smallest absolute Gasteiger partial charge is 0.318 e. The van der Waals surface area contributed by atoms with E-state index >= 15 is 0 Å². The van der Waals surface area contributed by atoms with Gasteiger partial charge in [-0.1, -0.05) is 22.0 Å². The van der Waals surface area contributed by atoms with Crippen LogP contribution >= 0.6 is 15.9 Å². The van der Waals surface area contributed by atoms with Crippen LogP contribution in [-0.2, 0) is 6.54 Å². The third kappa shape index (κ3) is 3.79. The Morgan fingerprint density at radius 1 is 1.32 bits per heavy atom. The number of methoxy groups -OCH3 is 1. The zero-order valence-electron chi connectivity index (χ0n) is 12.8. The van der Waals surface area contributed by atoms with Gasteiger partial charge >= 0.3 is 6.01 Å². The molecule has 0 radical (unpaired) electrons. The Hall–Kier alpha value is -2.02. The fraction of sp³-hybridized carbons (Fsp3) is 0.333. The molecule has 3 N–H and O–H groups in total. The third-order valence-corrected chi connectivity index (χ3v) is 3.58. The van der Waals surface area contributed by atoms with E-state index in [1.54, 1.807) is 7.11 Å². The van der Waals surface area contributed by atoms with Crippen LogP contribution in [0.2, 0.25) is 0 Å². The highest BCUT2D eigenvalue weighted by Crippen LogP contribution is 2.26. The average Bonchev–Trinajstić information content (AvgIpc) is 2.50. The maximum atomic E-state index is 6.02. The molecule has 2 aromatic rings. The molecule has 0 bridgehead atoms. The highest BCUT2D eigenvalue weighted by molar-refractivity contribution is 9.10. The molecule has 118 valence electrons. The SMILES string of the molecule is CCOc1nc(C)c(N)c(NCc2ccc(Br)cc2OC)n1. The predicted octanol–water partition coefficient (Wildman–Crippen LogP) is 3.15. The lowest BCUT2D eigenvalue weighted by molar-refractivity contribution is 0.312. The van der Waals surface area contributed by atoms with Crippen molar-refractivity contribution in [3.63, 3.8) is 0 Å². The van der Waals surface area contributed by atoms with E-state index in [0.717, 1.165) is 15.8 Å². The first-order valence-electron chi connectivity index (χ1n) is 6.88. The molecule has 0 aliphatic heterocycles. The van der Waals surface area contributed by atoms with Gasteiger partial charge in [-0.3, -0.25) is 0 Å². The lowest BCUT2D eigenvalue weighted by Crippen LogP contribution is -2.10. The Balaban J connectivity index is 2.21. The first-order valence-corrected chi connectivity index (χ1v) is 7.67. The van der Waals surface area contributed by atoms with Crippen molar-refractivity contribution in [2.75, 3.05) is 24.8 Å². The minimum atomic E-state index is 0.319. The number of hydrogen-bond acceptors (Lipinski definition) is 6. The molecule has 0 aliphatic carbocycles. The van der Waals surface area contributed by atoms with Crippen LogP contribution in [0, 0.1) is 6.92 Å². The Kier molecular flexibility index (Phi) is 5.43. The average molecular weight is 367 g/mol. The Morgan fingerprint density at radius 2 is 2.09 bits per heavy atom. The summed E-state index contributed by atoms with van der Waals surface area (Å²) in [6.45, 7) is 4.74. The molecule has 0 aliphatic rings. The van der Waals surface area contributed by atoms with Gasteiger partial charge in [0.25, 0.3) is 0 Å². The van der Waals surface area contributed by atoms with Gasteiger partial charge in [-0.25, -0.2) is 0 Å². The number of nitrogens with one attached hydrogen (secondary N) is 1. The van der Waals surface area contributed by atoms with Crippen LogP contribution in [0.25, 0.3) is 0 Å². The van der Waals surface area contributed by atoms with Crippen LogP contribution in [0.1, 0.15) is 18.2 Å². The summed E-state index contributed by atoms with van der Waals surface area (Å²) in [7, 11) is 1.64. The second kappa shape index (κ2) is 7.31. The number of aromatic nitrogens is 2. The van der Waals surface area contributed by atoms with Crippen molar-refractivity contribution in [2.45, 2.75) is 20.4 Å². The van der Waals surface area contributed by atoms with E-state index in [9.17, 15) is 0 Å². The van der Waals surface area contributed by atoms with E-state index in [0.29, 0.717) is 36.4 Å². The second-order valence-electron chi connectivity index (χ2n) is 4.60. The zero-order chi connectivity index (χ0) is 16.1. The number of nitrogen functional groups attached to an aromatic ring is 1. The van der Waals surface area contributed by atoms with Gasteiger partial charge in [0.1, 0.15) is 5.75 Å². The van der Waals surface area contributed by atoms with Gasteiger partial charge in [0.15, 0.2) is 5.82 Å². The lowest BCUT2D eigenvalue weighted by atomic mass is 10.2. The molecule has 0 saturated heterocycles. The number of nitrogens with zero attached hydrogens (tertiary/aromatic N) is 2. The van der Waals surface area contributed by atoms with Crippen LogP contribution in [0.5, 0.6) is 11.8 Å². The zero-order valence-corrected chi connectivity index (χ0v) is 14.4. The molecule has 0 saturated carbocycles. The minimum absolute atomic E-state index is 0.319. The number of benzene rings is 1. The highest BCUT2D eigenvalue weighted by atomic mass is 79.9. The van der Waals surface area contributed by atoms with Crippen LogP contribution in [0.4, 0.5) is 11.5 Å². The summed E-state index contributed by atoms with van der Waals surface area (Å²) < 4.78 is 11.7. The van der Waals surface area contributed by atoms with E-state index in [1.165, 1.54) is 0 Å². The van der Waals surface area contributed by atoms with Crippen molar-refractivity contribution < 1.29 is 9.47 Å². The van der Waals surface area contributed by atoms with E-state index in [4.69, 9.17) is 15.2 Å². The quantitative estimate of drug-likeness (QED) is 0.816. The van der Waals surface area contributed by atoms with Gasteiger partial charge in [0.05, 0.1) is 25.1 Å². The van der Waals surface area contributed by atoms with Gasteiger partial charge in [0, 0.05) is 16.6 Å². The summed E-state index contributed by atoms with van der Waals surface area (Å²) in [5, 5.41) is 3.21. The number of hydrogen-bond donors (Lipinski definition) is 2. The van der Waals surface area contributed by atoms with Gasteiger partial charge in [-0.05, 0) is 26.0 Å². The number of rotatable bonds is 6. The summed E-state index contributed by atoms with van der Waals surface area (Å²) in [4.78, 5) is 8.49. The van der Waals surface area contributed by atoms with Gasteiger partial charge < -0.3 is 20.5 Å². The molecule has 0 unspecified atom stereocenters. The van der Waals surface area contributed by atoms with Crippen molar-refractivity contribution in [1.82, 2.24) is 9.97 Å². The summed E-state index contributed by atoms with van der Waals surface area (Å²) in [5.74, 6) is 1.34. The molecule has 6 nitrogen and oxygen atoms in total. The van der Waals surface area contributed by atoms with Crippen molar-refractivity contribution in [2.24, 2.45) is 0 Å². The normalized spacial score (nSPS) is 10.4. The monoisotopic (exact) mass is 366 g/mol. The number of ether oxygens (including phenoxy) is 2. The molecular formula is C15H19BrN4O2. The maximum absolute atomic E-state index is 6.02. The fourth-order valence-electron chi connectivity index (χ4n) is 1.93. The van der Waals surface area contributed by atoms with Gasteiger partial charge in [0.2, 0.25) is 0 Å². The molecule has 0 fully saturated rings. The second-order valence-corrected chi connectivity index (χ2v) is 5.51. The van der Waals surface area contributed by atoms with Crippen molar-refractivity contribution in [1.29, 1.82) is 0 Å². The lowest BCUT2D eigenvalue weighted by Gasteiger charge is -2.13. The van der Waals surface area contributed by atoms with E-state index in [1.807, 2.05) is 32.0 Å². The molecule has 1 aromatic carbocycles. The minimum Gasteiger partial charge on any atom is -0.496 e. The van der Waals surface area contributed by atoms with Crippen LogP contribution in [-0.4, -0.2) is 23.7 Å². The Labute approximate surface area is 138 Å². The maximum Gasteiger partial charge on any atom is 0.318 e. The summed E-state index contributed by atoms with van der Waals surface area (Å²) in [5.41, 5.74) is 8.22. The number of halogens is 1. The van der Waals surface area contributed by atoms with E-state index in [-0.39, 0.29) is 0 Å². The summed E-state index contributed by atoms with van der Waals surface area (Å²) in [6.07, 6.45) is 0. The molecular weight excluding hydrogens is 348 g/mol.